The smallest absolute Gasteiger partial charge is 0.243 e. The van der Waals surface area contributed by atoms with Crippen molar-refractivity contribution in [3.8, 4) is 0 Å². The molecule has 1 unspecified atom stereocenters. The van der Waals surface area contributed by atoms with Crippen LogP contribution in [0.5, 0.6) is 0 Å². The molecule has 1 atom stereocenters. The molecule has 1 saturated heterocycles. The molecule has 1 aromatic rings. The van der Waals surface area contributed by atoms with Crippen molar-refractivity contribution in [1.29, 1.82) is 0 Å². The number of hydrogen-bond acceptors (Lipinski definition) is 5. The quantitative estimate of drug-likeness (QED) is 0.749. The van der Waals surface area contributed by atoms with Crippen LogP contribution in [0.2, 0.25) is 0 Å². The number of anilines is 1. The van der Waals surface area contributed by atoms with Crippen LogP contribution in [-0.2, 0) is 16.1 Å². The highest BCUT2D eigenvalue weighted by Gasteiger charge is 2.21. The molecule has 2 rings (SSSR count). The zero-order valence-electron chi connectivity index (χ0n) is 12.8. The average molecular weight is 295 g/mol. The molecule has 1 fully saturated rings. The number of carbonyl (C=O) groups excluding carboxylic acids is 1. The number of rotatable bonds is 7. The van der Waals surface area contributed by atoms with Crippen molar-refractivity contribution in [3.05, 3.63) is 12.4 Å². The van der Waals surface area contributed by atoms with Crippen LogP contribution in [0.25, 0.3) is 0 Å². The predicted molar refractivity (Wildman–Crippen MR) is 81.3 cm³/mol. The summed E-state index contributed by atoms with van der Waals surface area (Å²) in [6.07, 6.45) is 3.55. The Bertz CT molecular complexity index is 438. The van der Waals surface area contributed by atoms with Gasteiger partial charge in [0.1, 0.15) is 6.04 Å². The monoisotopic (exact) mass is 295 g/mol. The van der Waals surface area contributed by atoms with Crippen molar-refractivity contribution in [2.24, 2.45) is 0 Å². The predicted octanol–water partition coefficient (Wildman–Crippen LogP) is 0.152. The number of ether oxygens (including phenoxy) is 1. The maximum absolute atomic E-state index is 12.0. The minimum atomic E-state index is -0.280. The zero-order valence-corrected chi connectivity index (χ0v) is 12.8. The van der Waals surface area contributed by atoms with Crippen molar-refractivity contribution in [2.45, 2.75) is 26.4 Å². The van der Waals surface area contributed by atoms with Gasteiger partial charge < -0.3 is 20.3 Å². The molecule has 2 N–H and O–H groups in total. The van der Waals surface area contributed by atoms with E-state index in [1.807, 2.05) is 10.9 Å². The number of aromatic nitrogens is 2. The second kappa shape index (κ2) is 8.11. The van der Waals surface area contributed by atoms with Gasteiger partial charge in [0, 0.05) is 19.3 Å². The summed E-state index contributed by atoms with van der Waals surface area (Å²) in [6, 6.07) is -0.280. The van der Waals surface area contributed by atoms with Crippen LogP contribution in [0.4, 0.5) is 5.69 Å². The van der Waals surface area contributed by atoms with E-state index in [1.54, 1.807) is 6.20 Å². The largest absolute Gasteiger partial charge is 0.378 e. The van der Waals surface area contributed by atoms with E-state index in [0.717, 1.165) is 31.9 Å². The molecule has 0 aliphatic carbocycles. The standard InChI is InChI=1S/C14H25N5O2/c1-3-18(4-2)6-7-19-10-12(9-16-19)17-14(20)13-11-21-8-5-15-13/h9-10,13,15H,3-8,11H2,1-2H3,(H,17,20). The molecule has 1 aliphatic heterocycles. The van der Waals surface area contributed by atoms with E-state index < -0.39 is 0 Å². The number of nitrogens with one attached hydrogen (secondary N) is 2. The molecule has 0 spiro atoms. The van der Waals surface area contributed by atoms with Crippen molar-refractivity contribution in [2.75, 3.05) is 44.7 Å². The molecule has 1 aromatic heterocycles. The number of hydrogen-bond donors (Lipinski definition) is 2. The molecule has 7 nitrogen and oxygen atoms in total. The van der Waals surface area contributed by atoms with Gasteiger partial charge in [-0.15, -0.1) is 0 Å². The third-order valence-corrected chi connectivity index (χ3v) is 3.68. The van der Waals surface area contributed by atoms with Crippen molar-refractivity contribution < 1.29 is 9.53 Å². The van der Waals surface area contributed by atoms with Crippen LogP contribution >= 0.6 is 0 Å². The van der Waals surface area contributed by atoms with Gasteiger partial charge in [0.05, 0.1) is 31.6 Å². The van der Waals surface area contributed by atoms with Crippen LogP contribution in [0.15, 0.2) is 12.4 Å². The summed E-state index contributed by atoms with van der Waals surface area (Å²) in [4.78, 5) is 14.4. The number of amides is 1. The molecule has 7 heteroatoms. The maximum Gasteiger partial charge on any atom is 0.243 e. The Kier molecular flexibility index (Phi) is 6.16. The van der Waals surface area contributed by atoms with E-state index in [2.05, 4.69) is 34.5 Å². The van der Waals surface area contributed by atoms with Crippen LogP contribution in [0.1, 0.15) is 13.8 Å². The Morgan fingerprint density at radius 1 is 1.57 bits per heavy atom. The van der Waals surface area contributed by atoms with Crippen LogP contribution in [0, 0.1) is 0 Å². The van der Waals surface area contributed by atoms with E-state index in [4.69, 9.17) is 4.74 Å². The SMILES string of the molecule is CCN(CC)CCn1cc(NC(=O)C2COCCN2)cn1. The first-order chi connectivity index (χ1) is 10.2. The third-order valence-electron chi connectivity index (χ3n) is 3.68. The van der Waals surface area contributed by atoms with Gasteiger partial charge in [0.25, 0.3) is 0 Å². The van der Waals surface area contributed by atoms with Gasteiger partial charge >= 0.3 is 0 Å². The summed E-state index contributed by atoms with van der Waals surface area (Å²) in [5, 5.41) is 10.3. The van der Waals surface area contributed by atoms with Gasteiger partial charge in [0.2, 0.25) is 5.91 Å². The van der Waals surface area contributed by atoms with Crippen LogP contribution in [0.3, 0.4) is 0 Å². The molecule has 1 amide bonds. The Hall–Kier alpha value is -1.44. The average Bonchev–Trinajstić information content (AvgIpc) is 2.96. The summed E-state index contributed by atoms with van der Waals surface area (Å²) in [6.45, 7) is 9.94. The molecule has 0 radical (unpaired) electrons. The van der Waals surface area contributed by atoms with Gasteiger partial charge in [-0.1, -0.05) is 13.8 Å². The fourth-order valence-corrected chi connectivity index (χ4v) is 2.30. The Morgan fingerprint density at radius 2 is 2.38 bits per heavy atom. The number of carbonyl (C=O) groups is 1. The van der Waals surface area contributed by atoms with E-state index in [0.29, 0.717) is 19.8 Å². The maximum atomic E-state index is 12.0. The molecule has 0 aromatic carbocycles. The van der Waals surface area contributed by atoms with Crippen molar-refractivity contribution in [3.63, 3.8) is 0 Å². The van der Waals surface area contributed by atoms with Crippen LogP contribution < -0.4 is 10.6 Å². The van der Waals surface area contributed by atoms with Crippen LogP contribution in [-0.4, -0.2) is 66.0 Å². The molecule has 118 valence electrons. The summed E-state index contributed by atoms with van der Waals surface area (Å²) >= 11 is 0. The van der Waals surface area contributed by atoms with E-state index in [1.165, 1.54) is 0 Å². The van der Waals surface area contributed by atoms with Gasteiger partial charge in [-0.05, 0) is 13.1 Å². The first kappa shape index (κ1) is 15.9. The van der Waals surface area contributed by atoms with E-state index >= 15 is 0 Å². The molecule has 21 heavy (non-hydrogen) atoms. The fourth-order valence-electron chi connectivity index (χ4n) is 2.30. The molecular weight excluding hydrogens is 270 g/mol. The second-order valence-corrected chi connectivity index (χ2v) is 5.09. The third kappa shape index (κ3) is 4.80. The lowest BCUT2D eigenvalue weighted by Crippen LogP contribution is -2.48. The first-order valence-corrected chi connectivity index (χ1v) is 7.59. The normalized spacial score (nSPS) is 18.9. The van der Waals surface area contributed by atoms with Gasteiger partial charge in [-0.2, -0.15) is 5.10 Å². The summed E-state index contributed by atoms with van der Waals surface area (Å²) in [7, 11) is 0. The highest BCUT2D eigenvalue weighted by molar-refractivity contribution is 5.94. The van der Waals surface area contributed by atoms with E-state index in [-0.39, 0.29) is 11.9 Å². The molecular formula is C14H25N5O2. The molecule has 0 bridgehead atoms. The minimum absolute atomic E-state index is 0.0713. The highest BCUT2D eigenvalue weighted by atomic mass is 16.5. The van der Waals surface area contributed by atoms with Crippen molar-refractivity contribution in [1.82, 2.24) is 20.0 Å². The lowest BCUT2D eigenvalue weighted by molar-refractivity contribution is -0.120. The van der Waals surface area contributed by atoms with Gasteiger partial charge in [-0.3, -0.25) is 9.48 Å². The Labute approximate surface area is 125 Å². The molecule has 2 heterocycles. The van der Waals surface area contributed by atoms with Gasteiger partial charge in [-0.25, -0.2) is 0 Å². The van der Waals surface area contributed by atoms with Gasteiger partial charge in [0.15, 0.2) is 0 Å². The minimum Gasteiger partial charge on any atom is -0.378 e. The molecule has 0 saturated carbocycles. The number of nitrogens with zero attached hydrogens (tertiary/aromatic N) is 3. The lowest BCUT2D eigenvalue weighted by Gasteiger charge is -2.22. The summed E-state index contributed by atoms with van der Waals surface area (Å²) in [5.41, 5.74) is 0.729. The molecule has 1 aliphatic rings. The summed E-state index contributed by atoms with van der Waals surface area (Å²) in [5.74, 6) is -0.0713. The fraction of sp³-hybridized carbons (Fsp3) is 0.714. The van der Waals surface area contributed by atoms with E-state index in [9.17, 15) is 4.79 Å². The first-order valence-electron chi connectivity index (χ1n) is 7.59. The number of morpholine rings is 1. The highest BCUT2D eigenvalue weighted by Crippen LogP contribution is 2.06. The summed E-state index contributed by atoms with van der Waals surface area (Å²) < 4.78 is 7.15. The second-order valence-electron chi connectivity index (χ2n) is 5.09. The topological polar surface area (TPSA) is 71.4 Å². The Balaban J connectivity index is 1.80. The van der Waals surface area contributed by atoms with Crippen molar-refractivity contribution >= 4 is 11.6 Å². The lowest BCUT2D eigenvalue weighted by atomic mass is 10.2. The zero-order chi connectivity index (χ0) is 15.1. The Morgan fingerprint density at radius 3 is 3.05 bits per heavy atom. The number of likely N-dealkylation sites (N-methyl/N-ethyl adjacent to an activating group) is 1.